The highest BCUT2D eigenvalue weighted by Gasteiger charge is 2.50. The fourth-order valence-electron chi connectivity index (χ4n) is 3.82. The third kappa shape index (κ3) is 3.43. The first-order valence-corrected chi connectivity index (χ1v) is 8.30. The molecule has 1 aliphatic carbocycles. The van der Waals surface area contributed by atoms with Crippen LogP contribution in [-0.4, -0.2) is 29.3 Å². The first-order valence-electron chi connectivity index (χ1n) is 8.30. The van der Waals surface area contributed by atoms with E-state index >= 15 is 0 Å². The molecule has 132 valence electrons. The lowest BCUT2D eigenvalue weighted by Crippen LogP contribution is -2.42. The van der Waals surface area contributed by atoms with Crippen molar-refractivity contribution >= 4 is 11.6 Å². The molecule has 0 atom stereocenters. The van der Waals surface area contributed by atoms with E-state index in [0.717, 1.165) is 6.42 Å². The normalized spacial score (nSPS) is 31.0. The number of carbonyl (C=O) groups is 1. The molecule has 3 nitrogen and oxygen atoms in total. The van der Waals surface area contributed by atoms with Crippen LogP contribution in [0.2, 0.25) is 0 Å². The number of anilines is 1. The second-order valence-electron chi connectivity index (χ2n) is 7.44. The van der Waals surface area contributed by atoms with Crippen molar-refractivity contribution in [3.63, 3.8) is 0 Å². The van der Waals surface area contributed by atoms with Gasteiger partial charge < -0.3 is 10.0 Å². The Morgan fingerprint density at radius 3 is 2.21 bits per heavy atom. The van der Waals surface area contributed by atoms with Crippen LogP contribution >= 0.6 is 0 Å². The molecular formula is C18H22F3NO2. The molecule has 1 saturated carbocycles. The van der Waals surface area contributed by atoms with Crippen LogP contribution in [0.1, 0.15) is 44.6 Å². The molecule has 0 bridgehead atoms. The van der Waals surface area contributed by atoms with E-state index in [1.165, 1.54) is 12.1 Å². The summed E-state index contributed by atoms with van der Waals surface area (Å²) in [6.07, 6.45) is -1.89. The molecule has 1 aromatic carbocycles. The molecule has 1 heterocycles. The van der Waals surface area contributed by atoms with Crippen LogP contribution in [0.25, 0.3) is 0 Å². The summed E-state index contributed by atoms with van der Waals surface area (Å²) in [6, 6.07) is 6.06. The Labute approximate surface area is 139 Å². The summed E-state index contributed by atoms with van der Waals surface area (Å²) in [7, 11) is 0. The molecule has 1 amide bonds. The van der Waals surface area contributed by atoms with Crippen LogP contribution in [-0.2, 0) is 11.2 Å². The van der Waals surface area contributed by atoms with Crippen molar-refractivity contribution in [1.82, 2.24) is 0 Å². The van der Waals surface area contributed by atoms with Gasteiger partial charge in [-0.2, -0.15) is 13.2 Å². The summed E-state index contributed by atoms with van der Waals surface area (Å²) >= 11 is 0. The molecule has 24 heavy (non-hydrogen) atoms. The maximum Gasteiger partial charge on any atom is 0.393 e. The molecule has 0 aromatic heterocycles. The van der Waals surface area contributed by atoms with Gasteiger partial charge in [-0.1, -0.05) is 12.1 Å². The van der Waals surface area contributed by atoms with Gasteiger partial charge in [0.05, 0.1) is 17.4 Å². The number of alkyl halides is 3. The van der Waals surface area contributed by atoms with Crippen molar-refractivity contribution in [3.05, 3.63) is 29.8 Å². The number of carbonyl (C=O) groups excluding carboxylic acids is 1. The third-order valence-corrected chi connectivity index (χ3v) is 5.45. The maximum atomic E-state index is 12.9. The maximum absolute atomic E-state index is 12.9. The van der Waals surface area contributed by atoms with Gasteiger partial charge in [-0.3, -0.25) is 4.79 Å². The lowest BCUT2D eigenvalue weighted by molar-refractivity contribution is -0.130. The fourth-order valence-corrected chi connectivity index (χ4v) is 3.82. The zero-order valence-electron chi connectivity index (χ0n) is 13.7. The summed E-state index contributed by atoms with van der Waals surface area (Å²) in [5.41, 5.74) is -0.258. The molecule has 2 aliphatic rings. The predicted octanol–water partition coefficient (Wildman–Crippen LogP) is 3.84. The van der Waals surface area contributed by atoms with Gasteiger partial charge in [0.25, 0.3) is 0 Å². The standard InChI is InChI=1S/C18H22F3NO2/c1-16(24)6-8-17(9-7-16)10-11-22(15(17)23)14-4-2-13(3-5-14)12-18(19,20)21/h2-5,24H,6-12H2,1H3/t16-,17-. The van der Waals surface area contributed by atoms with Crippen LogP contribution in [0, 0.1) is 5.41 Å². The second-order valence-corrected chi connectivity index (χ2v) is 7.44. The summed E-state index contributed by atoms with van der Waals surface area (Å²) in [5, 5.41) is 10.1. The Hall–Kier alpha value is -1.56. The highest BCUT2D eigenvalue weighted by atomic mass is 19.4. The minimum absolute atomic E-state index is 0.0431. The van der Waals surface area contributed by atoms with Crippen molar-refractivity contribution in [3.8, 4) is 0 Å². The van der Waals surface area contributed by atoms with Gasteiger partial charge in [-0.15, -0.1) is 0 Å². The number of amides is 1. The molecule has 1 saturated heterocycles. The molecule has 3 rings (SSSR count). The van der Waals surface area contributed by atoms with Crippen molar-refractivity contribution in [2.24, 2.45) is 5.41 Å². The van der Waals surface area contributed by atoms with Crippen LogP contribution in [0.5, 0.6) is 0 Å². The van der Waals surface area contributed by atoms with Gasteiger partial charge in [0.15, 0.2) is 0 Å². The highest BCUT2D eigenvalue weighted by Crippen LogP contribution is 2.48. The molecule has 2 fully saturated rings. The van der Waals surface area contributed by atoms with E-state index in [2.05, 4.69) is 0 Å². The SMILES string of the molecule is C[C@]1(O)CC[C@@]2(CCN(c3ccc(CC(F)(F)F)cc3)C2=O)CC1. The lowest BCUT2D eigenvalue weighted by atomic mass is 9.68. The van der Waals surface area contributed by atoms with Crippen molar-refractivity contribution in [2.45, 2.75) is 57.2 Å². The van der Waals surface area contributed by atoms with Gasteiger partial charge in [-0.05, 0) is 56.7 Å². The molecule has 1 aliphatic heterocycles. The number of hydrogen-bond acceptors (Lipinski definition) is 2. The Morgan fingerprint density at radius 1 is 1.08 bits per heavy atom. The van der Waals surface area contributed by atoms with E-state index in [9.17, 15) is 23.1 Å². The molecule has 1 N–H and O–H groups in total. The largest absolute Gasteiger partial charge is 0.393 e. The van der Waals surface area contributed by atoms with Crippen LogP contribution in [0.4, 0.5) is 18.9 Å². The Balaban J connectivity index is 1.72. The summed E-state index contributed by atoms with van der Waals surface area (Å²) in [6.45, 7) is 2.38. The zero-order valence-corrected chi connectivity index (χ0v) is 13.7. The van der Waals surface area contributed by atoms with Gasteiger partial charge in [0, 0.05) is 12.2 Å². The molecule has 0 radical (unpaired) electrons. The Bertz CT molecular complexity index is 612. The second kappa shape index (κ2) is 5.76. The molecule has 6 heteroatoms. The molecule has 1 spiro atoms. The number of halogens is 3. The molecule has 0 unspecified atom stereocenters. The van der Waals surface area contributed by atoms with E-state index in [-0.39, 0.29) is 11.5 Å². The smallest absolute Gasteiger partial charge is 0.390 e. The van der Waals surface area contributed by atoms with Crippen LogP contribution in [0.3, 0.4) is 0 Å². The molecular weight excluding hydrogens is 319 g/mol. The minimum atomic E-state index is -4.23. The van der Waals surface area contributed by atoms with Gasteiger partial charge in [0.1, 0.15) is 0 Å². The number of rotatable bonds is 2. The number of aliphatic hydroxyl groups is 1. The van der Waals surface area contributed by atoms with Crippen LogP contribution in [0.15, 0.2) is 24.3 Å². The van der Waals surface area contributed by atoms with Gasteiger partial charge in [-0.25, -0.2) is 0 Å². The summed E-state index contributed by atoms with van der Waals surface area (Å²) < 4.78 is 37.3. The van der Waals surface area contributed by atoms with E-state index in [1.54, 1.807) is 24.0 Å². The quantitative estimate of drug-likeness (QED) is 0.888. The van der Waals surface area contributed by atoms with Crippen molar-refractivity contribution in [2.75, 3.05) is 11.4 Å². The predicted molar refractivity (Wildman–Crippen MR) is 84.7 cm³/mol. The first-order chi connectivity index (χ1) is 11.1. The Kier molecular flexibility index (Phi) is 4.14. The van der Waals surface area contributed by atoms with Crippen LogP contribution < -0.4 is 4.90 Å². The average Bonchev–Trinajstić information content (AvgIpc) is 2.80. The first kappa shape index (κ1) is 17.3. The monoisotopic (exact) mass is 341 g/mol. The van der Waals surface area contributed by atoms with Crippen molar-refractivity contribution in [1.29, 1.82) is 0 Å². The Morgan fingerprint density at radius 2 is 1.67 bits per heavy atom. The van der Waals surface area contributed by atoms with E-state index in [0.29, 0.717) is 37.9 Å². The van der Waals surface area contributed by atoms with Gasteiger partial charge in [0.2, 0.25) is 5.91 Å². The fraction of sp³-hybridized carbons (Fsp3) is 0.611. The zero-order chi connectivity index (χ0) is 17.6. The number of benzene rings is 1. The van der Waals surface area contributed by atoms with E-state index in [1.807, 2.05) is 0 Å². The van der Waals surface area contributed by atoms with E-state index < -0.39 is 23.6 Å². The third-order valence-electron chi connectivity index (χ3n) is 5.45. The highest BCUT2D eigenvalue weighted by molar-refractivity contribution is 6.00. The minimum Gasteiger partial charge on any atom is -0.390 e. The number of nitrogens with zero attached hydrogens (tertiary/aromatic N) is 1. The lowest BCUT2D eigenvalue weighted by Gasteiger charge is -2.39. The van der Waals surface area contributed by atoms with Gasteiger partial charge >= 0.3 is 6.18 Å². The average molecular weight is 341 g/mol. The topological polar surface area (TPSA) is 40.5 Å². The van der Waals surface area contributed by atoms with E-state index in [4.69, 9.17) is 0 Å². The summed E-state index contributed by atoms with van der Waals surface area (Å²) in [4.78, 5) is 14.5. The van der Waals surface area contributed by atoms with Crippen molar-refractivity contribution < 1.29 is 23.1 Å². The summed E-state index contributed by atoms with van der Waals surface area (Å²) in [5.74, 6) is 0.0431. The number of hydrogen-bond donors (Lipinski definition) is 1. The molecule has 1 aromatic rings.